The first-order valence-electron chi connectivity index (χ1n) is 7.90. The van der Waals surface area contributed by atoms with Crippen molar-refractivity contribution in [2.75, 3.05) is 6.54 Å². The van der Waals surface area contributed by atoms with Crippen molar-refractivity contribution in [2.45, 2.75) is 45.8 Å². The Morgan fingerprint density at radius 3 is 2.48 bits per heavy atom. The maximum absolute atomic E-state index is 12.6. The van der Waals surface area contributed by atoms with E-state index in [-0.39, 0.29) is 24.3 Å². The molecule has 1 aliphatic rings. The molecule has 1 fully saturated rings. The van der Waals surface area contributed by atoms with Crippen LogP contribution in [-0.4, -0.2) is 28.9 Å². The van der Waals surface area contributed by atoms with Gasteiger partial charge in [0.2, 0.25) is 5.91 Å². The molecule has 2 atom stereocenters. The van der Waals surface area contributed by atoms with Crippen molar-refractivity contribution >= 4 is 11.9 Å². The summed E-state index contributed by atoms with van der Waals surface area (Å²) in [5, 5.41) is 0. The second-order valence-electron chi connectivity index (χ2n) is 7.15. The molecule has 0 radical (unpaired) electrons. The molecule has 1 aromatic rings. The number of benzene rings is 1. The second-order valence-corrected chi connectivity index (χ2v) is 7.15. The van der Waals surface area contributed by atoms with E-state index in [1.165, 1.54) is 0 Å². The van der Waals surface area contributed by atoms with Gasteiger partial charge in [0.1, 0.15) is 11.0 Å². The third kappa shape index (κ3) is 3.63. The van der Waals surface area contributed by atoms with Crippen LogP contribution in [0.4, 0.5) is 0 Å². The number of rotatable bonds is 4. The molecule has 124 valence electrons. The van der Waals surface area contributed by atoms with Gasteiger partial charge in [0.25, 0.3) is 0 Å². The lowest BCUT2D eigenvalue weighted by atomic mass is 9.87. The molecule has 4 nitrogen and oxygen atoms in total. The van der Waals surface area contributed by atoms with E-state index >= 15 is 0 Å². The number of esters is 1. The quantitative estimate of drug-likeness (QED) is 0.631. The molecule has 1 aliphatic heterocycles. The van der Waals surface area contributed by atoms with Crippen LogP contribution in [0.1, 0.15) is 45.7 Å². The number of likely N-dealkylation sites (tertiary alicyclic amines) is 1. The summed E-state index contributed by atoms with van der Waals surface area (Å²) in [6.07, 6.45) is 1.68. The van der Waals surface area contributed by atoms with Gasteiger partial charge >= 0.3 is 5.97 Å². The summed E-state index contributed by atoms with van der Waals surface area (Å²) < 4.78 is 5.51. The average Bonchev–Trinajstić information content (AvgIpc) is 2.84. The first-order chi connectivity index (χ1) is 10.7. The van der Waals surface area contributed by atoms with E-state index < -0.39 is 11.0 Å². The number of nitrogens with zero attached hydrogens (tertiary/aromatic N) is 1. The number of amides is 1. The first-order valence-corrected chi connectivity index (χ1v) is 7.90. The number of carbonyl (C=O) groups excluding carboxylic acids is 2. The standard InChI is InChI=1S/C19H25NO3/c1-6-19(17(22)23-18(3,4)5)12-16(21)20(13-19)14(2)15-10-8-7-9-11-15/h6-11,14H,1,12-13H2,2-5H3/t14-,19+/m1/s1. The Labute approximate surface area is 138 Å². The van der Waals surface area contributed by atoms with Crippen LogP contribution in [0.3, 0.4) is 0 Å². The minimum Gasteiger partial charge on any atom is -0.459 e. The molecular weight excluding hydrogens is 290 g/mol. The lowest BCUT2D eigenvalue weighted by Crippen LogP contribution is -2.39. The number of hydrogen-bond donors (Lipinski definition) is 0. The normalized spacial score (nSPS) is 22.8. The summed E-state index contributed by atoms with van der Waals surface area (Å²) in [5.74, 6) is -0.428. The zero-order valence-electron chi connectivity index (χ0n) is 14.3. The van der Waals surface area contributed by atoms with Crippen molar-refractivity contribution < 1.29 is 14.3 Å². The molecule has 1 amide bonds. The van der Waals surface area contributed by atoms with Crippen LogP contribution in [0.25, 0.3) is 0 Å². The van der Waals surface area contributed by atoms with Crippen LogP contribution >= 0.6 is 0 Å². The van der Waals surface area contributed by atoms with Crippen molar-refractivity contribution in [1.29, 1.82) is 0 Å². The molecule has 4 heteroatoms. The van der Waals surface area contributed by atoms with Crippen LogP contribution in [0.15, 0.2) is 43.0 Å². The summed E-state index contributed by atoms with van der Waals surface area (Å²) in [5.41, 5.74) is -0.507. The zero-order chi connectivity index (χ0) is 17.3. The maximum atomic E-state index is 12.6. The Balaban J connectivity index is 2.23. The molecule has 0 N–H and O–H groups in total. The van der Waals surface area contributed by atoms with Gasteiger partial charge in [-0.15, -0.1) is 6.58 Å². The van der Waals surface area contributed by atoms with Crippen LogP contribution < -0.4 is 0 Å². The van der Waals surface area contributed by atoms with Gasteiger partial charge < -0.3 is 9.64 Å². The minimum absolute atomic E-state index is 0.0490. The molecule has 1 aromatic carbocycles. The highest BCUT2D eigenvalue weighted by Crippen LogP contribution is 2.39. The Bertz CT molecular complexity index is 603. The summed E-state index contributed by atoms with van der Waals surface area (Å²) in [6.45, 7) is 11.5. The SMILES string of the molecule is C=C[C@]1(C(=O)OC(C)(C)C)CC(=O)N([C@H](C)c2ccccc2)C1. The van der Waals surface area contributed by atoms with E-state index in [4.69, 9.17) is 4.74 Å². The van der Waals surface area contributed by atoms with E-state index in [1.54, 1.807) is 11.0 Å². The molecule has 23 heavy (non-hydrogen) atoms. The van der Waals surface area contributed by atoms with Gasteiger partial charge in [-0.25, -0.2) is 0 Å². The lowest BCUT2D eigenvalue weighted by molar-refractivity contribution is -0.164. The predicted octanol–water partition coefficient (Wildman–Crippen LogP) is 3.49. The first kappa shape index (κ1) is 17.3. The smallest absolute Gasteiger partial charge is 0.318 e. The third-order valence-corrected chi connectivity index (χ3v) is 4.19. The second kappa shape index (κ2) is 6.19. The van der Waals surface area contributed by atoms with Crippen molar-refractivity contribution in [3.05, 3.63) is 48.6 Å². The Morgan fingerprint density at radius 2 is 1.96 bits per heavy atom. The summed E-state index contributed by atoms with van der Waals surface area (Å²) in [4.78, 5) is 26.8. The third-order valence-electron chi connectivity index (χ3n) is 4.19. The molecule has 0 aromatic heterocycles. The van der Waals surface area contributed by atoms with Gasteiger partial charge in [-0.3, -0.25) is 9.59 Å². The van der Waals surface area contributed by atoms with Gasteiger partial charge in [0.05, 0.1) is 6.04 Å². The van der Waals surface area contributed by atoms with E-state index in [1.807, 2.05) is 58.0 Å². The van der Waals surface area contributed by atoms with Crippen molar-refractivity contribution in [1.82, 2.24) is 4.90 Å². The molecule has 0 saturated carbocycles. The van der Waals surface area contributed by atoms with Crippen molar-refractivity contribution in [2.24, 2.45) is 5.41 Å². The van der Waals surface area contributed by atoms with E-state index in [9.17, 15) is 9.59 Å². The van der Waals surface area contributed by atoms with E-state index in [2.05, 4.69) is 6.58 Å². The summed E-state index contributed by atoms with van der Waals surface area (Å²) in [6, 6.07) is 9.71. The van der Waals surface area contributed by atoms with Gasteiger partial charge in [-0.2, -0.15) is 0 Å². The Morgan fingerprint density at radius 1 is 1.35 bits per heavy atom. The van der Waals surface area contributed by atoms with Gasteiger partial charge in [-0.1, -0.05) is 36.4 Å². The number of ether oxygens (including phenoxy) is 1. The minimum atomic E-state index is -0.965. The predicted molar refractivity (Wildman–Crippen MR) is 89.7 cm³/mol. The van der Waals surface area contributed by atoms with Crippen LogP contribution in [0, 0.1) is 5.41 Å². The number of hydrogen-bond acceptors (Lipinski definition) is 3. The van der Waals surface area contributed by atoms with Crippen molar-refractivity contribution in [3.8, 4) is 0 Å². The van der Waals surface area contributed by atoms with Crippen LogP contribution in [-0.2, 0) is 14.3 Å². The molecular formula is C19H25NO3. The molecule has 0 spiro atoms. The molecule has 1 heterocycles. The Kier molecular flexibility index (Phi) is 4.64. The molecule has 2 rings (SSSR count). The molecule has 0 aliphatic carbocycles. The molecule has 0 unspecified atom stereocenters. The monoisotopic (exact) mass is 315 g/mol. The highest BCUT2D eigenvalue weighted by Gasteiger charge is 2.50. The van der Waals surface area contributed by atoms with Crippen molar-refractivity contribution in [3.63, 3.8) is 0 Å². The lowest BCUT2D eigenvalue weighted by Gasteiger charge is -2.30. The fourth-order valence-electron chi connectivity index (χ4n) is 2.82. The summed E-state index contributed by atoms with van der Waals surface area (Å²) in [7, 11) is 0. The summed E-state index contributed by atoms with van der Waals surface area (Å²) >= 11 is 0. The van der Waals surface area contributed by atoms with Gasteiger partial charge in [0, 0.05) is 13.0 Å². The molecule has 1 saturated heterocycles. The fraction of sp³-hybridized carbons (Fsp3) is 0.474. The van der Waals surface area contributed by atoms with Gasteiger partial charge in [-0.05, 0) is 33.3 Å². The van der Waals surface area contributed by atoms with Crippen LogP contribution in [0.5, 0.6) is 0 Å². The van der Waals surface area contributed by atoms with Crippen LogP contribution in [0.2, 0.25) is 0 Å². The average molecular weight is 315 g/mol. The zero-order valence-corrected chi connectivity index (χ0v) is 14.3. The topological polar surface area (TPSA) is 46.6 Å². The fourth-order valence-corrected chi connectivity index (χ4v) is 2.82. The van der Waals surface area contributed by atoms with E-state index in [0.29, 0.717) is 6.54 Å². The maximum Gasteiger partial charge on any atom is 0.318 e. The highest BCUT2D eigenvalue weighted by atomic mass is 16.6. The highest BCUT2D eigenvalue weighted by molar-refractivity contribution is 5.91. The van der Waals surface area contributed by atoms with E-state index in [0.717, 1.165) is 5.56 Å². The number of carbonyl (C=O) groups is 2. The largest absolute Gasteiger partial charge is 0.459 e. The molecule has 0 bridgehead atoms. The Hall–Kier alpha value is -2.10. The van der Waals surface area contributed by atoms with Gasteiger partial charge in [0.15, 0.2) is 0 Å².